The number of rotatable bonds is 1. The summed E-state index contributed by atoms with van der Waals surface area (Å²) in [5.41, 5.74) is 2.17. The molecule has 0 radical (unpaired) electrons. The molecule has 0 fully saturated rings. The Labute approximate surface area is 89.4 Å². The molecule has 0 spiro atoms. The van der Waals surface area contributed by atoms with Gasteiger partial charge in [-0.15, -0.1) is 0 Å². The number of alkyl halides is 5. The topological polar surface area (TPSA) is 38.9 Å². The van der Waals surface area contributed by atoms with Crippen LogP contribution in [0.25, 0.3) is 0 Å². The van der Waals surface area contributed by atoms with E-state index in [0.717, 1.165) is 0 Å². The third-order valence-electron chi connectivity index (χ3n) is 1.53. The molecular formula is C7H4BrF5N2. The monoisotopic (exact) mass is 290 g/mol. The van der Waals surface area contributed by atoms with Gasteiger partial charge in [0, 0.05) is 4.47 Å². The van der Waals surface area contributed by atoms with Crippen molar-refractivity contribution in [2.75, 3.05) is 5.73 Å². The fourth-order valence-corrected chi connectivity index (χ4v) is 1.27. The van der Waals surface area contributed by atoms with Gasteiger partial charge in [-0.1, -0.05) is 0 Å². The first-order chi connectivity index (χ1) is 6.73. The number of hydrogen-bond donors (Lipinski definition) is 1. The van der Waals surface area contributed by atoms with E-state index in [0.29, 0.717) is 6.07 Å². The fourth-order valence-electron chi connectivity index (χ4n) is 0.854. The van der Waals surface area contributed by atoms with Gasteiger partial charge in [-0.05, 0) is 22.0 Å². The molecule has 84 valence electrons. The minimum Gasteiger partial charge on any atom is -0.396 e. The van der Waals surface area contributed by atoms with Gasteiger partial charge in [-0.25, -0.2) is 13.8 Å². The van der Waals surface area contributed by atoms with Gasteiger partial charge < -0.3 is 5.73 Å². The standard InChI is InChI=1S/C7H4BrF5N2/c8-2-1-3(7(11,12)13)15-5(4(2)14)6(9)10/h1,6H,14H2. The molecule has 0 aliphatic heterocycles. The molecule has 8 heteroatoms. The summed E-state index contributed by atoms with van der Waals surface area (Å²) in [6.07, 6.45) is -7.93. The summed E-state index contributed by atoms with van der Waals surface area (Å²) >= 11 is 2.66. The van der Waals surface area contributed by atoms with Gasteiger partial charge in [-0.2, -0.15) is 13.2 Å². The van der Waals surface area contributed by atoms with Gasteiger partial charge in [0.25, 0.3) is 6.43 Å². The van der Waals surface area contributed by atoms with E-state index in [1.807, 2.05) is 0 Å². The average Bonchev–Trinajstić information content (AvgIpc) is 2.06. The zero-order valence-electron chi connectivity index (χ0n) is 6.95. The molecule has 0 unspecified atom stereocenters. The van der Waals surface area contributed by atoms with Gasteiger partial charge in [0.2, 0.25) is 0 Å². The highest BCUT2D eigenvalue weighted by Crippen LogP contribution is 2.35. The highest BCUT2D eigenvalue weighted by molar-refractivity contribution is 9.10. The van der Waals surface area contributed by atoms with Crippen LogP contribution in [-0.4, -0.2) is 4.98 Å². The molecular weight excluding hydrogens is 287 g/mol. The van der Waals surface area contributed by atoms with E-state index in [4.69, 9.17) is 5.73 Å². The van der Waals surface area contributed by atoms with Crippen molar-refractivity contribution in [3.63, 3.8) is 0 Å². The second-order valence-corrected chi connectivity index (χ2v) is 3.44. The van der Waals surface area contributed by atoms with Crippen molar-refractivity contribution in [2.24, 2.45) is 0 Å². The van der Waals surface area contributed by atoms with Crippen molar-refractivity contribution in [1.82, 2.24) is 4.98 Å². The average molecular weight is 291 g/mol. The number of nitrogens with zero attached hydrogens (tertiary/aromatic N) is 1. The maximum absolute atomic E-state index is 12.2. The van der Waals surface area contributed by atoms with E-state index in [-0.39, 0.29) is 4.47 Å². The summed E-state index contributed by atoms with van der Waals surface area (Å²) in [5, 5.41) is 0. The lowest BCUT2D eigenvalue weighted by atomic mass is 10.2. The molecule has 1 aromatic rings. The molecule has 15 heavy (non-hydrogen) atoms. The lowest BCUT2D eigenvalue weighted by Gasteiger charge is -2.11. The second kappa shape index (κ2) is 3.92. The summed E-state index contributed by atoms with van der Waals surface area (Å²) in [4.78, 5) is 2.77. The van der Waals surface area contributed by atoms with E-state index < -0.39 is 29.7 Å². The summed E-state index contributed by atoms with van der Waals surface area (Å²) in [6.45, 7) is 0. The Morgan fingerprint density at radius 2 is 1.87 bits per heavy atom. The highest BCUT2D eigenvalue weighted by atomic mass is 79.9. The Morgan fingerprint density at radius 1 is 1.33 bits per heavy atom. The number of aromatic nitrogens is 1. The van der Waals surface area contributed by atoms with Gasteiger partial charge >= 0.3 is 6.18 Å². The molecule has 0 aliphatic carbocycles. The van der Waals surface area contributed by atoms with Gasteiger partial charge in [0.05, 0.1) is 5.69 Å². The number of pyridine rings is 1. The quantitative estimate of drug-likeness (QED) is 0.805. The van der Waals surface area contributed by atoms with Crippen LogP contribution in [0.5, 0.6) is 0 Å². The third kappa shape index (κ3) is 2.55. The number of halogens is 6. The zero-order chi connectivity index (χ0) is 11.8. The minimum atomic E-state index is -4.78. The first-order valence-electron chi connectivity index (χ1n) is 3.54. The van der Waals surface area contributed by atoms with Crippen LogP contribution in [0, 0.1) is 0 Å². The largest absolute Gasteiger partial charge is 0.433 e. The Balaban J connectivity index is 3.36. The van der Waals surface area contributed by atoms with Crippen LogP contribution in [0.15, 0.2) is 10.5 Å². The van der Waals surface area contributed by atoms with Gasteiger partial charge in [0.1, 0.15) is 11.4 Å². The maximum Gasteiger partial charge on any atom is 0.433 e. The lowest BCUT2D eigenvalue weighted by Crippen LogP contribution is -2.11. The van der Waals surface area contributed by atoms with Crippen molar-refractivity contribution in [3.8, 4) is 0 Å². The van der Waals surface area contributed by atoms with E-state index in [9.17, 15) is 22.0 Å². The Hall–Kier alpha value is -0.920. The molecule has 0 amide bonds. The summed E-state index contributed by atoms with van der Waals surface area (Å²) < 4.78 is 60.8. The minimum absolute atomic E-state index is 0.250. The molecule has 0 atom stereocenters. The van der Waals surface area contributed by atoms with Gasteiger partial charge in [0.15, 0.2) is 0 Å². The number of anilines is 1. The molecule has 0 aromatic carbocycles. The second-order valence-electron chi connectivity index (χ2n) is 2.59. The Kier molecular flexibility index (Phi) is 3.17. The van der Waals surface area contributed by atoms with Crippen LogP contribution in [0.3, 0.4) is 0 Å². The number of hydrogen-bond acceptors (Lipinski definition) is 2. The van der Waals surface area contributed by atoms with E-state index in [2.05, 4.69) is 20.9 Å². The first kappa shape index (κ1) is 12.2. The molecule has 0 bridgehead atoms. The Bertz CT molecular complexity index is 376. The molecule has 2 nitrogen and oxygen atoms in total. The molecule has 2 N–H and O–H groups in total. The normalized spacial score (nSPS) is 12.2. The molecule has 0 saturated carbocycles. The SMILES string of the molecule is Nc1c(Br)cc(C(F)(F)F)nc1C(F)F. The predicted molar refractivity (Wildman–Crippen MR) is 46.3 cm³/mol. The zero-order valence-corrected chi connectivity index (χ0v) is 8.53. The van der Waals surface area contributed by atoms with Crippen molar-refractivity contribution in [3.05, 3.63) is 21.9 Å². The fraction of sp³-hybridized carbons (Fsp3) is 0.286. The van der Waals surface area contributed by atoms with Crippen LogP contribution in [0.4, 0.5) is 27.6 Å². The molecule has 1 rings (SSSR count). The van der Waals surface area contributed by atoms with Crippen molar-refractivity contribution >= 4 is 21.6 Å². The van der Waals surface area contributed by atoms with Crippen molar-refractivity contribution in [2.45, 2.75) is 12.6 Å². The van der Waals surface area contributed by atoms with E-state index in [1.165, 1.54) is 0 Å². The third-order valence-corrected chi connectivity index (χ3v) is 2.19. The molecule has 1 heterocycles. The van der Waals surface area contributed by atoms with Crippen LogP contribution < -0.4 is 5.73 Å². The first-order valence-corrected chi connectivity index (χ1v) is 4.34. The summed E-state index contributed by atoms with van der Waals surface area (Å²) in [6, 6.07) is 0.557. The van der Waals surface area contributed by atoms with Crippen LogP contribution in [-0.2, 0) is 6.18 Å². The van der Waals surface area contributed by atoms with Crippen molar-refractivity contribution < 1.29 is 22.0 Å². The highest BCUT2D eigenvalue weighted by Gasteiger charge is 2.34. The van der Waals surface area contributed by atoms with Crippen molar-refractivity contribution in [1.29, 1.82) is 0 Å². The van der Waals surface area contributed by atoms with Crippen LogP contribution in [0.1, 0.15) is 17.8 Å². The van der Waals surface area contributed by atoms with E-state index in [1.54, 1.807) is 0 Å². The van der Waals surface area contributed by atoms with E-state index >= 15 is 0 Å². The maximum atomic E-state index is 12.2. The van der Waals surface area contributed by atoms with Crippen LogP contribution >= 0.6 is 15.9 Å². The summed E-state index contributed by atoms with van der Waals surface area (Å²) in [7, 11) is 0. The lowest BCUT2D eigenvalue weighted by molar-refractivity contribution is -0.141. The predicted octanol–water partition coefficient (Wildman–Crippen LogP) is 3.38. The Morgan fingerprint density at radius 3 is 2.27 bits per heavy atom. The molecule has 0 aliphatic rings. The summed E-state index contributed by atoms with van der Waals surface area (Å²) in [5.74, 6) is 0. The molecule has 1 aromatic heterocycles. The van der Waals surface area contributed by atoms with Crippen LogP contribution in [0.2, 0.25) is 0 Å². The smallest absolute Gasteiger partial charge is 0.396 e. The van der Waals surface area contributed by atoms with Gasteiger partial charge in [-0.3, -0.25) is 0 Å². The number of nitrogen functional groups attached to an aromatic ring is 1. The number of nitrogens with two attached hydrogens (primary N) is 1. The molecule has 0 saturated heterocycles.